The Kier molecular flexibility index (Phi) is 7.89. The van der Waals surface area contributed by atoms with Crippen LogP contribution in [0.4, 0.5) is 5.69 Å². The number of aromatic nitrogens is 1. The summed E-state index contributed by atoms with van der Waals surface area (Å²) in [4.78, 5) is 16.8. The highest BCUT2D eigenvalue weighted by Crippen LogP contribution is 2.20. The van der Waals surface area contributed by atoms with E-state index < -0.39 is 10.0 Å². The third-order valence-electron chi connectivity index (χ3n) is 5.42. The predicted molar refractivity (Wildman–Crippen MR) is 128 cm³/mol. The molecule has 2 aromatic carbocycles. The first kappa shape index (κ1) is 23.9. The van der Waals surface area contributed by atoms with E-state index in [1.807, 2.05) is 24.3 Å². The van der Waals surface area contributed by atoms with E-state index in [1.165, 1.54) is 4.31 Å². The van der Waals surface area contributed by atoms with Gasteiger partial charge in [0.05, 0.1) is 18.1 Å². The van der Waals surface area contributed by atoms with Crippen molar-refractivity contribution < 1.29 is 22.7 Å². The van der Waals surface area contributed by atoms with Crippen LogP contribution >= 0.6 is 0 Å². The lowest BCUT2D eigenvalue weighted by atomic mass is 10.1. The van der Waals surface area contributed by atoms with Crippen LogP contribution in [0.5, 0.6) is 5.75 Å². The summed E-state index contributed by atoms with van der Waals surface area (Å²) in [6.45, 7) is 1.93. The van der Waals surface area contributed by atoms with Crippen molar-refractivity contribution in [3.8, 4) is 5.75 Å². The summed E-state index contributed by atoms with van der Waals surface area (Å²) in [6, 6.07) is 17.7. The fourth-order valence-corrected chi connectivity index (χ4v) is 4.97. The molecule has 1 fully saturated rings. The first-order chi connectivity index (χ1) is 16.5. The van der Waals surface area contributed by atoms with Crippen molar-refractivity contribution in [2.75, 3.05) is 31.6 Å². The van der Waals surface area contributed by atoms with E-state index in [9.17, 15) is 13.2 Å². The molecule has 0 unspecified atom stereocenters. The van der Waals surface area contributed by atoms with Gasteiger partial charge in [-0.25, -0.2) is 8.42 Å². The number of aryl methyl sites for hydroxylation is 1. The molecule has 4 rings (SSSR count). The number of carbonyl (C=O) groups is 1. The van der Waals surface area contributed by atoms with E-state index in [1.54, 1.807) is 48.8 Å². The lowest BCUT2D eigenvalue weighted by Crippen LogP contribution is -2.40. The molecule has 9 heteroatoms. The van der Waals surface area contributed by atoms with Crippen LogP contribution in [0.2, 0.25) is 0 Å². The number of carbonyl (C=O) groups excluding carboxylic acids is 1. The molecular formula is C25H27N3O5S. The number of nitrogens with one attached hydrogen (secondary N) is 1. The number of hydrogen-bond acceptors (Lipinski definition) is 6. The summed E-state index contributed by atoms with van der Waals surface area (Å²) in [5, 5.41) is 2.88. The standard InChI is InChI=1S/C25H27N3O5S/c29-25(27-22-4-1-5-23(17-22)33-19-21-3-2-12-26-18-21)11-8-20-6-9-24(10-7-20)34(30,31)28-13-15-32-16-14-28/h1-7,9-10,12,17-18H,8,11,13-16,19H2,(H,27,29). The highest BCUT2D eigenvalue weighted by atomic mass is 32.2. The van der Waals surface area contributed by atoms with Gasteiger partial charge >= 0.3 is 0 Å². The Balaban J connectivity index is 1.27. The molecule has 0 bridgehead atoms. The highest BCUT2D eigenvalue weighted by Gasteiger charge is 2.26. The molecule has 1 aliphatic rings. The quantitative estimate of drug-likeness (QED) is 0.504. The molecule has 2 heterocycles. The first-order valence-electron chi connectivity index (χ1n) is 11.1. The van der Waals surface area contributed by atoms with Crippen molar-refractivity contribution in [1.82, 2.24) is 9.29 Å². The van der Waals surface area contributed by atoms with Crippen LogP contribution in [0.1, 0.15) is 17.5 Å². The fourth-order valence-electron chi connectivity index (χ4n) is 3.56. The van der Waals surface area contributed by atoms with Gasteiger partial charge < -0.3 is 14.8 Å². The second-order valence-electron chi connectivity index (χ2n) is 7.89. The maximum atomic E-state index is 12.7. The van der Waals surface area contributed by atoms with Gasteiger partial charge in [-0.2, -0.15) is 4.31 Å². The second-order valence-corrected chi connectivity index (χ2v) is 9.82. The molecule has 1 aliphatic heterocycles. The van der Waals surface area contributed by atoms with Crippen LogP contribution in [0, 0.1) is 0 Å². The summed E-state index contributed by atoms with van der Waals surface area (Å²) >= 11 is 0. The number of benzene rings is 2. The van der Waals surface area contributed by atoms with Gasteiger partial charge in [0.1, 0.15) is 12.4 Å². The van der Waals surface area contributed by atoms with E-state index in [0.717, 1.165) is 11.1 Å². The Morgan fingerprint density at radius 3 is 2.56 bits per heavy atom. The molecule has 0 atom stereocenters. The van der Waals surface area contributed by atoms with Crippen LogP contribution in [0.25, 0.3) is 0 Å². The smallest absolute Gasteiger partial charge is 0.243 e. The van der Waals surface area contributed by atoms with Crippen molar-refractivity contribution in [3.63, 3.8) is 0 Å². The van der Waals surface area contributed by atoms with E-state index >= 15 is 0 Å². The predicted octanol–water partition coefficient (Wildman–Crippen LogP) is 3.25. The molecule has 1 N–H and O–H groups in total. The molecule has 0 spiro atoms. The zero-order valence-electron chi connectivity index (χ0n) is 18.7. The molecule has 1 aromatic heterocycles. The largest absolute Gasteiger partial charge is 0.489 e. The molecule has 34 heavy (non-hydrogen) atoms. The number of hydrogen-bond donors (Lipinski definition) is 1. The molecule has 3 aromatic rings. The number of nitrogens with zero attached hydrogens (tertiary/aromatic N) is 2. The maximum Gasteiger partial charge on any atom is 0.243 e. The molecule has 178 valence electrons. The Morgan fingerprint density at radius 2 is 1.82 bits per heavy atom. The molecule has 1 saturated heterocycles. The van der Waals surface area contributed by atoms with Gasteiger partial charge in [-0.3, -0.25) is 9.78 Å². The molecule has 0 radical (unpaired) electrons. The summed E-state index contributed by atoms with van der Waals surface area (Å²) in [6.07, 6.45) is 4.23. The highest BCUT2D eigenvalue weighted by molar-refractivity contribution is 7.89. The third-order valence-corrected chi connectivity index (χ3v) is 7.33. The monoisotopic (exact) mass is 481 g/mol. The summed E-state index contributed by atoms with van der Waals surface area (Å²) in [5.41, 5.74) is 2.51. The average molecular weight is 482 g/mol. The van der Waals surface area contributed by atoms with Crippen molar-refractivity contribution in [3.05, 3.63) is 84.2 Å². The lowest BCUT2D eigenvalue weighted by Gasteiger charge is -2.26. The fraction of sp³-hybridized carbons (Fsp3) is 0.280. The average Bonchev–Trinajstić information content (AvgIpc) is 2.88. The molecular weight excluding hydrogens is 454 g/mol. The minimum Gasteiger partial charge on any atom is -0.489 e. The normalized spacial score (nSPS) is 14.5. The number of pyridine rings is 1. The van der Waals surface area contributed by atoms with Gasteiger partial charge in [-0.1, -0.05) is 24.3 Å². The summed E-state index contributed by atoms with van der Waals surface area (Å²) in [7, 11) is -3.52. The number of anilines is 1. The summed E-state index contributed by atoms with van der Waals surface area (Å²) in [5.74, 6) is 0.521. The van der Waals surface area contributed by atoms with Crippen LogP contribution in [0.3, 0.4) is 0 Å². The van der Waals surface area contributed by atoms with E-state index in [0.29, 0.717) is 50.8 Å². The Morgan fingerprint density at radius 1 is 1.03 bits per heavy atom. The minimum absolute atomic E-state index is 0.130. The van der Waals surface area contributed by atoms with Crippen LogP contribution in [-0.4, -0.2) is 49.9 Å². The van der Waals surface area contributed by atoms with Crippen molar-refractivity contribution in [1.29, 1.82) is 0 Å². The van der Waals surface area contributed by atoms with Crippen LogP contribution < -0.4 is 10.1 Å². The first-order valence-corrected chi connectivity index (χ1v) is 12.5. The third kappa shape index (κ3) is 6.40. The van der Waals surface area contributed by atoms with Gasteiger partial charge in [0, 0.05) is 49.2 Å². The lowest BCUT2D eigenvalue weighted by molar-refractivity contribution is -0.116. The van der Waals surface area contributed by atoms with Gasteiger partial charge in [0.25, 0.3) is 0 Å². The van der Waals surface area contributed by atoms with Crippen molar-refractivity contribution in [2.45, 2.75) is 24.3 Å². The Bertz CT molecular complexity index is 1190. The number of ether oxygens (including phenoxy) is 2. The van der Waals surface area contributed by atoms with Gasteiger partial charge in [-0.05, 0) is 42.3 Å². The minimum atomic E-state index is -3.52. The van der Waals surface area contributed by atoms with Crippen molar-refractivity contribution in [2.24, 2.45) is 0 Å². The van der Waals surface area contributed by atoms with Gasteiger partial charge in [-0.15, -0.1) is 0 Å². The molecule has 8 nitrogen and oxygen atoms in total. The zero-order chi connectivity index (χ0) is 23.8. The number of sulfonamides is 1. The molecule has 0 aliphatic carbocycles. The van der Waals surface area contributed by atoms with E-state index in [-0.39, 0.29) is 17.2 Å². The van der Waals surface area contributed by atoms with Gasteiger partial charge in [0.15, 0.2) is 0 Å². The van der Waals surface area contributed by atoms with E-state index in [4.69, 9.17) is 9.47 Å². The second kappa shape index (κ2) is 11.2. The van der Waals surface area contributed by atoms with Crippen LogP contribution in [0.15, 0.2) is 78.0 Å². The maximum absolute atomic E-state index is 12.7. The number of morpholine rings is 1. The zero-order valence-corrected chi connectivity index (χ0v) is 19.5. The van der Waals surface area contributed by atoms with Gasteiger partial charge in [0.2, 0.25) is 15.9 Å². The molecule has 1 amide bonds. The Hall–Kier alpha value is -3.27. The topological polar surface area (TPSA) is 97.8 Å². The SMILES string of the molecule is O=C(CCc1ccc(S(=O)(=O)N2CCOCC2)cc1)Nc1cccc(OCc2cccnc2)c1. The summed E-state index contributed by atoms with van der Waals surface area (Å²) < 4.78 is 37.9. The Labute approximate surface area is 199 Å². The number of amides is 1. The number of rotatable bonds is 9. The molecule has 0 saturated carbocycles. The van der Waals surface area contributed by atoms with Crippen LogP contribution in [-0.2, 0) is 32.6 Å². The van der Waals surface area contributed by atoms with E-state index in [2.05, 4.69) is 10.3 Å². The van der Waals surface area contributed by atoms with Crippen molar-refractivity contribution >= 4 is 21.6 Å².